The molecule has 6 atom stereocenters. The largest absolute Gasteiger partial charge is 0.311 e. The summed E-state index contributed by atoms with van der Waals surface area (Å²) in [6, 6.07) is 89.1. The molecule has 0 amide bonds. The molecule has 0 aromatic heterocycles. The van der Waals surface area contributed by atoms with Gasteiger partial charge in [0.05, 0.1) is 12.1 Å². The van der Waals surface area contributed by atoms with Crippen molar-refractivity contribution in [1.29, 1.82) is 10.5 Å². The second-order valence-corrected chi connectivity index (χ2v) is 33.3. The minimum absolute atomic E-state index is 0.0337. The van der Waals surface area contributed by atoms with Crippen molar-refractivity contribution in [2.24, 2.45) is 23.7 Å². The summed E-state index contributed by atoms with van der Waals surface area (Å²) in [5.41, 5.74) is 10.3. The van der Waals surface area contributed by atoms with Crippen LogP contribution in [0.2, 0.25) is 0 Å². The van der Waals surface area contributed by atoms with E-state index < -0.39 is 11.1 Å². The lowest BCUT2D eigenvalue weighted by Crippen LogP contribution is -2.27. The molecule has 6 unspecified atom stereocenters. The van der Waals surface area contributed by atoms with E-state index in [0.717, 1.165) is 29.3 Å². The van der Waals surface area contributed by atoms with E-state index in [0.29, 0.717) is 44.9 Å². The van der Waals surface area contributed by atoms with Gasteiger partial charge in [0.1, 0.15) is 7.06 Å². The van der Waals surface area contributed by atoms with E-state index >= 15 is 0 Å². The molecule has 0 fully saturated rings. The zero-order valence-electron chi connectivity index (χ0n) is 55.6. The van der Waals surface area contributed by atoms with Gasteiger partial charge in [0.25, 0.3) is 0 Å². The normalized spacial score (nSPS) is 13.7. The fourth-order valence-corrected chi connectivity index (χ4v) is 19.0. The van der Waals surface area contributed by atoms with Gasteiger partial charge in [-0.15, -0.1) is 23.5 Å². The number of nitriles is 2. The number of hydrogen-bond donors (Lipinski definition) is 0. The molecule has 0 saturated heterocycles. The third kappa shape index (κ3) is 15.2. The number of thioether (sulfide) groups is 4. The van der Waals surface area contributed by atoms with Gasteiger partial charge in [-0.2, -0.15) is 10.5 Å². The highest BCUT2D eigenvalue weighted by Crippen LogP contribution is 2.50. The summed E-state index contributed by atoms with van der Waals surface area (Å²) in [7, 11) is 0. The van der Waals surface area contributed by atoms with Crippen LogP contribution in [0.25, 0.3) is 119 Å². The molecule has 0 N–H and O–H groups in total. The lowest BCUT2D eigenvalue weighted by Gasteiger charge is -2.31. The van der Waals surface area contributed by atoms with Crippen LogP contribution in [0.5, 0.6) is 0 Å². The molecule has 12 rings (SSSR count). The molecule has 12 aromatic carbocycles. The van der Waals surface area contributed by atoms with Crippen LogP contribution >= 0.6 is 71.5 Å². The van der Waals surface area contributed by atoms with Gasteiger partial charge in [-0.1, -0.05) is 278 Å². The molecule has 0 aliphatic heterocycles. The van der Waals surface area contributed by atoms with Crippen LogP contribution < -0.4 is 0 Å². The molecule has 0 radical (unpaired) electrons. The van der Waals surface area contributed by atoms with Gasteiger partial charge in [-0.05, 0) is 177 Å². The van der Waals surface area contributed by atoms with Crippen LogP contribution in [0.1, 0.15) is 94.3 Å². The van der Waals surface area contributed by atoms with Crippen LogP contribution in [-0.2, 0) is 0 Å². The number of rotatable bonds is 22. The Kier molecular flexibility index (Phi) is 21.7. The number of benzene rings is 12. The quantitative estimate of drug-likeness (QED) is 0.0378. The minimum Gasteiger partial charge on any atom is -0.311 e. The van der Waals surface area contributed by atoms with Gasteiger partial charge in [-0.25, -0.2) is 13.1 Å². The highest BCUT2D eigenvalue weighted by Gasteiger charge is 2.37. The van der Waals surface area contributed by atoms with Crippen molar-refractivity contribution in [3.63, 3.8) is 0 Å². The fraction of sp³-hybridized carbons (Fsp3) is 0.241. The molecule has 0 saturated carbocycles. The predicted molar refractivity (Wildman–Crippen MR) is 431 cm³/mol. The zero-order chi connectivity index (χ0) is 67.8. The summed E-state index contributed by atoms with van der Waals surface area (Å²) in [5, 5.41) is 36.8. The molecule has 480 valence electrons. The summed E-state index contributed by atoms with van der Waals surface area (Å²) < 4.78 is 1.63. The van der Waals surface area contributed by atoms with E-state index in [1.165, 1.54) is 98.0 Å². The number of fused-ring (bicyclic) bond motifs is 6. The number of nitrogens with zero attached hydrogens (tertiary/aromatic N) is 4. The first kappa shape index (κ1) is 68.7. The molecule has 0 aliphatic rings. The smallest absolute Gasteiger partial charge is 0.227 e. The Bertz CT molecular complexity index is 4660. The van der Waals surface area contributed by atoms with Gasteiger partial charge >= 0.3 is 0 Å². The van der Waals surface area contributed by atoms with Crippen molar-refractivity contribution in [2.75, 3.05) is 12.5 Å². The Morgan fingerprint density at radius 3 is 0.969 bits per heavy atom. The van der Waals surface area contributed by atoms with Gasteiger partial charge in [-0.3, -0.25) is 0 Å². The van der Waals surface area contributed by atoms with Crippen LogP contribution in [0.3, 0.4) is 0 Å². The number of thiocarbonyl (C=S) groups is 2. The summed E-state index contributed by atoms with van der Waals surface area (Å²) in [6.45, 7) is 24.7. The molecule has 0 heterocycles. The van der Waals surface area contributed by atoms with E-state index in [4.69, 9.17) is 37.6 Å². The Morgan fingerprint density at radius 2 is 0.670 bits per heavy atom. The molecular formula is C87H76N4S6. The van der Waals surface area contributed by atoms with E-state index in [1.54, 1.807) is 47.0 Å². The van der Waals surface area contributed by atoms with E-state index in [1.807, 2.05) is 40.2 Å². The highest BCUT2D eigenvalue weighted by molar-refractivity contribution is 8.47. The maximum atomic E-state index is 11.3. The lowest BCUT2D eigenvalue weighted by atomic mass is 9.74. The maximum Gasteiger partial charge on any atom is 0.227 e. The molecular weight excluding hydrogens is 1290 g/mol. The van der Waals surface area contributed by atoms with Crippen LogP contribution in [-0.4, -0.2) is 30.6 Å². The molecule has 10 heteroatoms. The molecule has 12 aromatic rings. The highest BCUT2D eigenvalue weighted by atomic mass is 32.2. The third-order valence-corrected chi connectivity index (χ3v) is 25.1. The second kappa shape index (κ2) is 30.7. The lowest BCUT2D eigenvalue weighted by molar-refractivity contribution is 0.231. The first-order valence-electron chi connectivity index (χ1n) is 33.2. The minimum atomic E-state index is -0.691. The van der Waals surface area contributed by atoms with Gasteiger partial charge in [0.15, 0.2) is 0 Å². The Morgan fingerprint density at radius 1 is 0.381 bits per heavy atom. The molecule has 0 aliphatic carbocycles. The Balaban J connectivity index is 0.823. The van der Waals surface area contributed by atoms with Crippen molar-refractivity contribution in [2.45, 2.75) is 94.2 Å². The molecule has 0 spiro atoms. The molecule has 4 nitrogen and oxygen atoms in total. The van der Waals surface area contributed by atoms with Crippen molar-refractivity contribution in [3.05, 3.63) is 264 Å². The first-order valence-corrected chi connectivity index (χ1v) is 38.2. The fourth-order valence-electron chi connectivity index (χ4n) is 15.1. The monoisotopic (exact) mass is 1370 g/mol. The summed E-state index contributed by atoms with van der Waals surface area (Å²) in [6.07, 6.45) is 8.17. The van der Waals surface area contributed by atoms with Crippen molar-refractivity contribution in [3.8, 4) is 56.6 Å². The average molecular weight is 1370 g/mol. The molecule has 97 heavy (non-hydrogen) atoms. The zero-order valence-corrected chi connectivity index (χ0v) is 60.5. The van der Waals surface area contributed by atoms with E-state index in [2.05, 4.69) is 252 Å². The second-order valence-electron chi connectivity index (χ2n) is 26.9. The first-order chi connectivity index (χ1) is 47.1. The summed E-state index contributed by atoms with van der Waals surface area (Å²) >= 11 is 18.4. The van der Waals surface area contributed by atoms with Gasteiger partial charge < -0.3 is 9.69 Å². The van der Waals surface area contributed by atoms with Gasteiger partial charge in [0, 0.05) is 62.9 Å². The van der Waals surface area contributed by atoms with Crippen LogP contribution in [0.15, 0.2) is 231 Å². The van der Waals surface area contributed by atoms with Crippen molar-refractivity contribution < 1.29 is 0 Å². The van der Waals surface area contributed by atoms with Gasteiger partial charge in [0.2, 0.25) is 11.1 Å². The van der Waals surface area contributed by atoms with E-state index in [9.17, 15) is 10.5 Å². The van der Waals surface area contributed by atoms with Crippen molar-refractivity contribution >= 4 is 143 Å². The summed E-state index contributed by atoms with van der Waals surface area (Å²) in [5.74, 6) is -0.792. The Hall–Kier alpha value is -8.26. The SMILES string of the molecule is [C-]#[N+]C(C)(C)CC(CC(C#N)CC(SC(=S)SC)c1ccc(-c2c3ccccc3c(-c3cccc4ccccc34)c3ccccc23)cc1)CC(CC(C#N)CC(SC(=S)SC)c1ccc(-c2c3ccccc3c(-c3cccc4ccccc34)c3ccccc23)cc1)CC(C)(C)[N+]#[C-]. The maximum absolute atomic E-state index is 11.3. The number of hydrogen-bond acceptors (Lipinski definition) is 8. The third-order valence-electron chi connectivity index (χ3n) is 19.4. The van der Waals surface area contributed by atoms with Crippen LogP contribution in [0.4, 0.5) is 0 Å². The topological polar surface area (TPSA) is 56.3 Å². The summed E-state index contributed by atoms with van der Waals surface area (Å²) in [4.78, 5) is 8.29. The standard InChI is InChI=1S/C87H76N4S6/c1-86(2,90-5)52-56(48-58(54-88)50-78(96-84(92)94-7)62-39-43-64(44-40-62)80-70-29-13-17-33-74(70)82(75-34-18-14-30-71(75)80)68-37-21-25-60-23-9-11-27-66(60)68)47-57(53-87(3,4)91-6)49-59(55-89)51-79(97-85(93)95-8)63-41-45-65(46-42-63)81-72-31-15-19-35-76(72)83(77-36-20-16-32-73(77)81)69-38-22-26-61-24-10-12-28-67(61)69/h9-46,56-59,78-79H,47-53H2,1-4,7-8H3. The average Bonchev–Trinajstić information content (AvgIpc) is 0.738. The Labute approximate surface area is 600 Å². The van der Waals surface area contributed by atoms with Crippen LogP contribution in [0, 0.1) is 59.5 Å². The van der Waals surface area contributed by atoms with E-state index in [-0.39, 0.29) is 34.2 Å². The molecule has 0 bridgehead atoms. The van der Waals surface area contributed by atoms with Crippen molar-refractivity contribution in [1.82, 2.24) is 0 Å². The predicted octanol–water partition coefficient (Wildman–Crippen LogP) is 26.5.